The fourth-order valence-electron chi connectivity index (χ4n) is 4.22. The monoisotopic (exact) mass is 458 g/mol. The van der Waals surface area contributed by atoms with Crippen LogP contribution in [-0.2, 0) is 4.79 Å². The molecule has 0 unspecified atom stereocenters. The van der Waals surface area contributed by atoms with Gasteiger partial charge in [-0.3, -0.25) is 9.36 Å². The Morgan fingerprint density at radius 1 is 1.09 bits per heavy atom. The zero-order chi connectivity index (χ0) is 22.9. The fraction of sp³-hybridized carbons (Fsp3) is 0.154. The van der Waals surface area contributed by atoms with Crippen molar-refractivity contribution >= 4 is 40.2 Å². The van der Waals surface area contributed by atoms with E-state index in [2.05, 4.69) is 15.2 Å². The number of hydrogen-bond acceptors (Lipinski definition) is 4. The molecule has 0 saturated heterocycles. The van der Waals surface area contributed by atoms with Crippen LogP contribution in [0.1, 0.15) is 25.5 Å². The second-order valence-electron chi connectivity index (χ2n) is 7.82. The molecule has 5 rings (SSSR count). The van der Waals surface area contributed by atoms with Gasteiger partial charge >= 0.3 is 0 Å². The Morgan fingerprint density at radius 2 is 1.82 bits per heavy atom. The first-order valence-electron chi connectivity index (χ1n) is 10.8. The van der Waals surface area contributed by atoms with E-state index in [1.807, 2.05) is 62.4 Å². The summed E-state index contributed by atoms with van der Waals surface area (Å²) in [5.41, 5.74) is 4.82. The molecule has 4 aromatic rings. The third kappa shape index (κ3) is 3.94. The van der Waals surface area contributed by atoms with Crippen LogP contribution in [0.3, 0.4) is 0 Å². The third-order valence-electron chi connectivity index (χ3n) is 5.68. The number of benzene rings is 3. The normalized spacial score (nSPS) is 15.2. The van der Waals surface area contributed by atoms with Crippen LogP contribution in [0.5, 0.6) is 5.75 Å². The van der Waals surface area contributed by atoms with Crippen molar-refractivity contribution in [3.05, 3.63) is 94.7 Å². The molecule has 6 nitrogen and oxygen atoms in total. The van der Waals surface area contributed by atoms with Crippen LogP contribution in [0.4, 0.5) is 11.6 Å². The lowest BCUT2D eigenvalue weighted by molar-refractivity contribution is -0.113. The lowest BCUT2D eigenvalue weighted by atomic mass is 9.94. The standard InChI is InChI=1S/C26H23ClN4O2/c1-3-33-20-14-8-17(9-15-20)24-23(25(32)29-19-12-10-18(27)11-13-19)16(2)28-26-30-21-6-4-5-7-22(21)31(24)26/h4-15,24H,3H2,1-2H3,(H,28,30)(H,29,32)/t24-/m0/s1. The van der Waals surface area contributed by atoms with Gasteiger partial charge in [0.2, 0.25) is 5.95 Å². The minimum Gasteiger partial charge on any atom is -0.494 e. The highest BCUT2D eigenvalue weighted by atomic mass is 35.5. The summed E-state index contributed by atoms with van der Waals surface area (Å²) in [6, 6.07) is 22.5. The Bertz CT molecular complexity index is 1360. The first kappa shape index (κ1) is 21.1. The highest BCUT2D eigenvalue weighted by molar-refractivity contribution is 6.30. The molecule has 166 valence electrons. The average molecular weight is 459 g/mol. The molecule has 0 spiro atoms. The van der Waals surface area contributed by atoms with Crippen LogP contribution in [0.15, 0.2) is 84.1 Å². The van der Waals surface area contributed by atoms with Crippen molar-refractivity contribution in [1.29, 1.82) is 0 Å². The van der Waals surface area contributed by atoms with Gasteiger partial charge in [0, 0.05) is 16.4 Å². The number of halogens is 1. The zero-order valence-electron chi connectivity index (χ0n) is 18.3. The summed E-state index contributed by atoms with van der Waals surface area (Å²) in [5.74, 6) is 1.30. The van der Waals surface area contributed by atoms with Crippen molar-refractivity contribution in [2.24, 2.45) is 0 Å². The van der Waals surface area contributed by atoms with Gasteiger partial charge in [-0.1, -0.05) is 35.9 Å². The van der Waals surface area contributed by atoms with Crippen LogP contribution >= 0.6 is 11.6 Å². The van der Waals surface area contributed by atoms with E-state index >= 15 is 0 Å². The third-order valence-corrected chi connectivity index (χ3v) is 5.94. The van der Waals surface area contributed by atoms with E-state index in [-0.39, 0.29) is 11.9 Å². The maximum absolute atomic E-state index is 13.6. The highest BCUT2D eigenvalue weighted by Gasteiger charge is 2.34. The predicted molar refractivity (Wildman–Crippen MR) is 132 cm³/mol. The van der Waals surface area contributed by atoms with Gasteiger partial charge in [-0.05, 0) is 67.9 Å². The van der Waals surface area contributed by atoms with E-state index in [4.69, 9.17) is 21.3 Å². The van der Waals surface area contributed by atoms with Crippen molar-refractivity contribution in [2.75, 3.05) is 17.2 Å². The molecule has 1 aromatic heterocycles. The summed E-state index contributed by atoms with van der Waals surface area (Å²) in [7, 11) is 0. The largest absolute Gasteiger partial charge is 0.494 e. The molecule has 1 aliphatic rings. The van der Waals surface area contributed by atoms with Gasteiger partial charge in [-0.25, -0.2) is 4.98 Å². The molecule has 33 heavy (non-hydrogen) atoms. The molecule has 0 bridgehead atoms. The number of carbonyl (C=O) groups is 1. The number of aromatic nitrogens is 2. The van der Waals surface area contributed by atoms with Gasteiger partial charge < -0.3 is 15.4 Å². The minimum atomic E-state index is -0.364. The summed E-state index contributed by atoms with van der Waals surface area (Å²) in [6.45, 7) is 4.45. The van der Waals surface area contributed by atoms with E-state index in [9.17, 15) is 4.79 Å². The number of nitrogens with zero attached hydrogens (tertiary/aromatic N) is 2. The molecule has 1 aliphatic heterocycles. The summed E-state index contributed by atoms with van der Waals surface area (Å²) in [5, 5.41) is 6.96. The Hall–Kier alpha value is -3.77. The lowest BCUT2D eigenvalue weighted by Crippen LogP contribution is -2.30. The topological polar surface area (TPSA) is 68.2 Å². The SMILES string of the molecule is CCOc1ccc([C@H]2C(C(=O)Nc3ccc(Cl)cc3)=C(C)Nc3nc4ccccc4n32)cc1. The Balaban J connectivity index is 1.62. The quantitative estimate of drug-likeness (QED) is 0.384. The van der Waals surface area contributed by atoms with Crippen molar-refractivity contribution in [1.82, 2.24) is 9.55 Å². The van der Waals surface area contributed by atoms with Gasteiger partial charge in [-0.2, -0.15) is 0 Å². The number of hydrogen-bond donors (Lipinski definition) is 2. The molecule has 0 radical (unpaired) electrons. The number of para-hydroxylation sites is 2. The lowest BCUT2D eigenvalue weighted by Gasteiger charge is -2.30. The Labute approximate surface area is 196 Å². The number of rotatable bonds is 5. The molecule has 0 aliphatic carbocycles. The number of fused-ring (bicyclic) bond motifs is 3. The van der Waals surface area contributed by atoms with E-state index < -0.39 is 0 Å². The average Bonchev–Trinajstić information content (AvgIpc) is 3.18. The number of nitrogens with one attached hydrogen (secondary N) is 2. The smallest absolute Gasteiger partial charge is 0.255 e. The highest BCUT2D eigenvalue weighted by Crippen LogP contribution is 2.39. The van der Waals surface area contributed by atoms with Gasteiger partial charge in [0.05, 0.1) is 29.3 Å². The second-order valence-corrected chi connectivity index (χ2v) is 8.26. The van der Waals surface area contributed by atoms with E-state index in [1.54, 1.807) is 24.3 Å². The second kappa shape index (κ2) is 8.64. The summed E-state index contributed by atoms with van der Waals surface area (Å²) in [6.07, 6.45) is 0. The van der Waals surface area contributed by atoms with E-state index in [0.29, 0.717) is 28.8 Å². The van der Waals surface area contributed by atoms with Gasteiger partial charge in [-0.15, -0.1) is 0 Å². The molecule has 2 N–H and O–H groups in total. The van der Waals surface area contributed by atoms with Crippen molar-refractivity contribution in [3.8, 4) is 5.75 Å². The summed E-state index contributed by atoms with van der Waals surface area (Å²) in [4.78, 5) is 18.3. The molecule has 1 amide bonds. The predicted octanol–water partition coefficient (Wildman–Crippen LogP) is 6.02. The number of carbonyl (C=O) groups excluding carboxylic acids is 1. The summed E-state index contributed by atoms with van der Waals surface area (Å²) >= 11 is 6.01. The van der Waals surface area contributed by atoms with Crippen LogP contribution in [0, 0.1) is 0 Å². The van der Waals surface area contributed by atoms with Crippen LogP contribution in [-0.4, -0.2) is 22.1 Å². The number of allylic oxidation sites excluding steroid dienone is 1. The van der Waals surface area contributed by atoms with Gasteiger partial charge in [0.15, 0.2) is 0 Å². The number of ether oxygens (including phenoxy) is 1. The van der Waals surface area contributed by atoms with Gasteiger partial charge in [0.1, 0.15) is 5.75 Å². The number of anilines is 2. The van der Waals surface area contributed by atoms with Crippen molar-refractivity contribution in [2.45, 2.75) is 19.9 Å². The molecule has 0 fully saturated rings. The molecule has 1 atom stereocenters. The summed E-state index contributed by atoms with van der Waals surface area (Å²) < 4.78 is 7.70. The zero-order valence-corrected chi connectivity index (χ0v) is 19.1. The van der Waals surface area contributed by atoms with Gasteiger partial charge in [0.25, 0.3) is 5.91 Å². The molecule has 2 heterocycles. The minimum absolute atomic E-state index is 0.190. The number of imidazole rings is 1. The molecule has 7 heteroatoms. The fourth-order valence-corrected chi connectivity index (χ4v) is 4.34. The van der Waals surface area contributed by atoms with Crippen molar-refractivity contribution in [3.63, 3.8) is 0 Å². The maximum Gasteiger partial charge on any atom is 0.255 e. The van der Waals surface area contributed by atoms with E-state index in [1.165, 1.54) is 0 Å². The molecule has 3 aromatic carbocycles. The first-order chi connectivity index (χ1) is 16.0. The van der Waals surface area contributed by atoms with Crippen LogP contribution in [0.2, 0.25) is 5.02 Å². The van der Waals surface area contributed by atoms with Crippen LogP contribution in [0.25, 0.3) is 11.0 Å². The Morgan fingerprint density at radius 3 is 2.55 bits per heavy atom. The molecule has 0 saturated carbocycles. The first-order valence-corrected chi connectivity index (χ1v) is 11.2. The Kier molecular flexibility index (Phi) is 5.52. The number of amides is 1. The van der Waals surface area contributed by atoms with Crippen LogP contribution < -0.4 is 15.4 Å². The van der Waals surface area contributed by atoms with Crippen molar-refractivity contribution < 1.29 is 9.53 Å². The van der Waals surface area contributed by atoms with E-state index in [0.717, 1.165) is 28.0 Å². The molecular formula is C26H23ClN4O2. The molecular weight excluding hydrogens is 436 g/mol. The maximum atomic E-state index is 13.6.